The molecule has 0 aliphatic heterocycles. The van der Waals surface area contributed by atoms with Crippen LogP contribution in [0, 0.1) is 0 Å². The van der Waals surface area contributed by atoms with Gasteiger partial charge in [0.25, 0.3) is 10.0 Å². The Morgan fingerprint density at radius 1 is 1.54 bits per heavy atom. The third-order valence-electron chi connectivity index (χ3n) is 1.25. The molecular weight excluding hydrogens is 222 g/mol. The van der Waals surface area contributed by atoms with Crippen molar-refractivity contribution in [2.75, 3.05) is 0 Å². The molecule has 0 aliphatic carbocycles. The van der Waals surface area contributed by atoms with Crippen molar-refractivity contribution in [3.05, 3.63) is 0 Å². The Hall–Kier alpha value is -0.340. The van der Waals surface area contributed by atoms with Gasteiger partial charge in [-0.1, -0.05) is 12.2 Å². The molecule has 0 fully saturated rings. The first-order valence-electron chi connectivity index (χ1n) is 3.20. The normalized spacial score (nSPS) is 13.3. The number of sulfonamides is 1. The topological polar surface area (TPSA) is 72.2 Å². The van der Waals surface area contributed by atoms with Crippen molar-refractivity contribution in [1.29, 1.82) is 0 Å². The van der Waals surface area contributed by atoms with Crippen molar-refractivity contribution < 1.29 is 17.2 Å². The van der Waals surface area contributed by atoms with E-state index < -0.39 is 21.3 Å². The first kappa shape index (κ1) is 12.7. The van der Waals surface area contributed by atoms with E-state index in [4.69, 9.17) is 5.73 Å². The first-order chi connectivity index (χ1) is 5.59. The molecule has 4 nitrogen and oxygen atoms in total. The van der Waals surface area contributed by atoms with Crippen molar-refractivity contribution in [3.8, 4) is 0 Å². The van der Waals surface area contributed by atoms with Gasteiger partial charge in [-0.3, -0.25) is 0 Å². The van der Waals surface area contributed by atoms with E-state index in [9.17, 15) is 17.2 Å². The molecule has 0 aliphatic rings. The van der Waals surface area contributed by atoms with Crippen molar-refractivity contribution >= 4 is 27.2 Å². The van der Waals surface area contributed by atoms with Gasteiger partial charge in [0.2, 0.25) is 0 Å². The minimum atomic E-state index is -4.65. The summed E-state index contributed by atoms with van der Waals surface area (Å²) in [6, 6.07) is 0. The van der Waals surface area contributed by atoms with Gasteiger partial charge in [0.05, 0.1) is 10.5 Å². The molecular formula is C5H10F2N2O2S2. The lowest BCUT2D eigenvalue weighted by Gasteiger charge is -2.23. The van der Waals surface area contributed by atoms with E-state index in [-0.39, 0.29) is 4.99 Å². The second-order valence-electron chi connectivity index (χ2n) is 2.90. The largest absolute Gasteiger partial charge is 0.392 e. The predicted molar refractivity (Wildman–Crippen MR) is 48.9 cm³/mol. The number of hydrogen-bond donors (Lipinski definition) is 2. The maximum atomic E-state index is 11.9. The summed E-state index contributed by atoms with van der Waals surface area (Å²) in [7, 11) is -4.65. The summed E-state index contributed by atoms with van der Waals surface area (Å²) >= 11 is 4.49. The van der Waals surface area contributed by atoms with Gasteiger partial charge in [-0.2, -0.15) is 13.5 Å². The Morgan fingerprint density at radius 2 is 1.92 bits per heavy atom. The molecule has 0 amide bonds. The second kappa shape index (κ2) is 3.81. The van der Waals surface area contributed by atoms with Gasteiger partial charge >= 0.3 is 5.76 Å². The number of thiocarbonyl (C=S) groups is 1. The highest BCUT2D eigenvalue weighted by molar-refractivity contribution is 7.90. The summed E-state index contributed by atoms with van der Waals surface area (Å²) in [4.78, 5) is -0.197. The van der Waals surface area contributed by atoms with Crippen LogP contribution >= 0.6 is 12.2 Å². The average molecular weight is 232 g/mol. The fraction of sp³-hybridized carbons (Fsp3) is 0.800. The van der Waals surface area contributed by atoms with Crippen LogP contribution in [-0.2, 0) is 10.0 Å². The number of rotatable bonds is 4. The molecule has 0 spiro atoms. The van der Waals surface area contributed by atoms with E-state index in [1.807, 2.05) is 0 Å². The third kappa shape index (κ3) is 3.49. The van der Waals surface area contributed by atoms with Gasteiger partial charge in [-0.25, -0.2) is 8.42 Å². The standard InChI is InChI=1S/C5H10F2N2O2S2/c1-5(2,3(8)12)9-13(10,11)4(6)7/h4,9H,1-2H3,(H2,8,12). The zero-order valence-electron chi connectivity index (χ0n) is 7.04. The highest BCUT2D eigenvalue weighted by Crippen LogP contribution is 2.09. The van der Waals surface area contributed by atoms with Crippen LogP contribution in [0.25, 0.3) is 0 Å². The summed E-state index contributed by atoms with van der Waals surface area (Å²) < 4.78 is 46.8. The lowest BCUT2D eigenvalue weighted by Crippen LogP contribution is -2.53. The number of hydrogen-bond acceptors (Lipinski definition) is 3. The monoisotopic (exact) mass is 232 g/mol. The summed E-state index contributed by atoms with van der Waals surface area (Å²) in [6.07, 6.45) is 0. The quantitative estimate of drug-likeness (QED) is 0.679. The van der Waals surface area contributed by atoms with Crippen molar-refractivity contribution in [2.24, 2.45) is 5.73 Å². The fourth-order valence-corrected chi connectivity index (χ4v) is 1.48. The maximum Gasteiger partial charge on any atom is 0.350 e. The van der Waals surface area contributed by atoms with Crippen molar-refractivity contribution in [2.45, 2.75) is 25.1 Å². The smallest absolute Gasteiger partial charge is 0.350 e. The van der Waals surface area contributed by atoms with E-state index in [2.05, 4.69) is 12.2 Å². The van der Waals surface area contributed by atoms with E-state index in [0.29, 0.717) is 0 Å². The Balaban J connectivity index is 4.73. The molecule has 13 heavy (non-hydrogen) atoms. The van der Waals surface area contributed by atoms with Crippen molar-refractivity contribution in [3.63, 3.8) is 0 Å². The highest BCUT2D eigenvalue weighted by Gasteiger charge is 2.33. The van der Waals surface area contributed by atoms with Gasteiger partial charge in [0, 0.05) is 0 Å². The van der Waals surface area contributed by atoms with E-state index in [0.717, 1.165) is 0 Å². The minimum absolute atomic E-state index is 0.197. The average Bonchev–Trinajstić information content (AvgIpc) is 1.83. The molecule has 8 heteroatoms. The highest BCUT2D eigenvalue weighted by atomic mass is 32.2. The molecule has 0 saturated heterocycles. The zero-order chi connectivity index (χ0) is 10.9. The molecule has 0 unspecified atom stereocenters. The van der Waals surface area contributed by atoms with Crippen LogP contribution < -0.4 is 10.5 Å². The van der Waals surface area contributed by atoms with Crippen LogP contribution in [0.3, 0.4) is 0 Å². The second-order valence-corrected chi connectivity index (χ2v) is 4.99. The van der Waals surface area contributed by atoms with E-state index in [1.165, 1.54) is 13.8 Å². The van der Waals surface area contributed by atoms with Gasteiger partial charge < -0.3 is 5.73 Å². The van der Waals surface area contributed by atoms with Crippen LogP contribution in [0.2, 0.25) is 0 Å². The zero-order valence-corrected chi connectivity index (χ0v) is 8.68. The molecule has 0 aromatic rings. The fourth-order valence-electron chi connectivity index (χ4n) is 0.450. The number of nitrogens with one attached hydrogen (secondary N) is 1. The lowest BCUT2D eigenvalue weighted by atomic mass is 10.1. The first-order valence-corrected chi connectivity index (χ1v) is 5.16. The van der Waals surface area contributed by atoms with Gasteiger partial charge in [-0.05, 0) is 13.8 Å². The lowest BCUT2D eigenvalue weighted by molar-refractivity contribution is 0.231. The molecule has 0 rings (SSSR count). The molecule has 3 N–H and O–H groups in total. The predicted octanol–water partition coefficient (Wildman–Crippen LogP) is 0.193. The molecule has 0 atom stereocenters. The maximum absolute atomic E-state index is 11.9. The molecule has 0 heterocycles. The Labute approximate surface area is 80.5 Å². The molecule has 0 bridgehead atoms. The Morgan fingerprint density at radius 3 is 2.15 bits per heavy atom. The molecule has 78 valence electrons. The summed E-state index contributed by atoms with van der Waals surface area (Å²) in [5.74, 6) is -3.49. The van der Waals surface area contributed by atoms with Crippen LogP contribution in [0.4, 0.5) is 8.78 Å². The van der Waals surface area contributed by atoms with Crippen LogP contribution in [0.5, 0.6) is 0 Å². The SMILES string of the molecule is CC(C)(NS(=O)(=O)C(F)F)C(N)=S. The summed E-state index contributed by atoms with van der Waals surface area (Å²) in [6.45, 7) is 2.60. The summed E-state index contributed by atoms with van der Waals surface area (Å²) in [5.41, 5.74) is 3.79. The van der Waals surface area contributed by atoms with Crippen molar-refractivity contribution in [1.82, 2.24) is 4.72 Å². The van der Waals surface area contributed by atoms with E-state index >= 15 is 0 Å². The van der Waals surface area contributed by atoms with Crippen LogP contribution in [0.1, 0.15) is 13.8 Å². The van der Waals surface area contributed by atoms with Gasteiger partial charge in [0.15, 0.2) is 0 Å². The Bertz CT molecular complexity index is 300. The number of alkyl halides is 2. The van der Waals surface area contributed by atoms with Gasteiger partial charge in [0.1, 0.15) is 0 Å². The van der Waals surface area contributed by atoms with E-state index in [1.54, 1.807) is 4.72 Å². The number of halogens is 2. The van der Waals surface area contributed by atoms with Gasteiger partial charge in [-0.15, -0.1) is 0 Å². The minimum Gasteiger partial charge on any atom is -0.392 e. The molecule has 0 aromatic heterocycles. The van der Waals surface area contributed by atoms with Crippen LogP contribution in [-0.4, -0.2) is 24.7 Å². The number of nitrogens with two attached hydrogens (primary N) is 1. The summed E-state index contributed by atoms with van der Waals surface area (Å²) in [5, 5.41) is 0. The third-order valence-corrected chi connectivity index (χ3v) is 3.02. The molecule has 0 aromatic carbocycles. The molecule has 0 saturated carbocycles. The van der Waals surface area contributed by atoms with Crippen LogP contribution in [0.15, 0.2) is 0 Å². The molecule has 0 radical (unpaired) electrons. The Kier molecular flexibility index (Phi) is 3.71.